The molecule has 0 aliphatic heterocycles. The summed E-state index contributed by atoms with van der Waals surface area (Å²) in [7, 11) is 1.94. The maximum Gasteiger partial charge on any atom is 0.129 e. The van der Waals surface area contributed by atoms with Gasteiger partial charge in [0.25, 0.3) is 0 Å². The van der Waals surface area contributed by atoms with E-state index in [0.717, 1.165) is 6.42 Å². The highest BCUT2D eigenvalue weighted by molar-refractivity contribution is 5.75. The summed E-state index contributed by atoms with van der Waals surface area (Å²) in [6.45, 7) is 3.73. The van der Waals surface area contributed by atoms with E-state index in [-0.39, 0.29) is 11.8 Å². The summed E-state index contributed by atoms with van der Waals surface area (Å²) in [5.74, 6) is 0.253. The first-order valence-corrected chi connectivity index (χ1v) is 5.36. The van der Waals surface area contributed by atoms with Crippen LogP contribution < -0.4 is 5.32 Å². The molecule has 0 heterocycles. The van der Waals surface area contributed by atoms with Gasteiger partial charge in [0.05, 0.1) is 0 Å². The van der Waals surface area contributed by atoms with Gasteiger partial charge in [-0.15, -0.1) is 0 Å². The smallest absolute Gasteiger partial charge is 0.129 e. The van der Waals surface area contributed by atoms with Crippen LogP contribution in [0.15, 0.2) is 24.3 Å². The van der Waals surface area contributed by atoms with Crippen molar-refractivity contribution in [3.63, 3.8) is 0 Å². The Bertz CT molecular complexity index is 333. The predicted octanol–water partition coefficient (Wildman–Crippen LogP) is 2.62. The Morgan fingerprint density at radius 2 is 2.20 bits per heavy atom. The Morgan fingerprint density at radius 3 is 2.73 bits per heavy atom. The third-order valence-corrected chi connectivity index (χ3v) is 2.58. The molecule has 0 saturated heterocycles. The Balaban J connectivity index is 2.69. The van der Waals surface area contributed by atoms with Crippen molar-refractivity contribution in [1.82, 2.24) is 5.32 Å². The average molecular weight is 205 g/mol. The lowest BCUT2D eigenvalue weighted by Crippen LogP contribution is -2.17. The van der Waals surface area contributed by atoms with E-state index in [1.54, 1.807) is 6.92 Å². The molecular weight excluding hydrogens is 186 g/mol. The molecule has 1 aromatic rings. The predicted molar refractivity (Wildman–Crippen MR) is 62.9 cm³/mol. The topological polar surface area (TPSA) is 29.1 Å². The summed E-state index contributed by atoms with van der Waals surface area (Å²) in [5, 5.41) is 3.25. The summed E-state index contributed by atoms with van der Waals surface area (Å²) in [5.41, 5.74) is 2.52. The second-order valence-electron chi connectivity index (χ2n) is 4.00. The number of hydrogen-bond donors (Lipinski definition) is 1. The van der Waals surface area contributed by atoms with Crippen LogP contribution in [0.4, 0.5) is 0 Å². The van der Waals surface area contributed by atoms with E-state index in [9.17, 15) is 4.79 Å². The minimum Gasteiger partial charge on any atom is -0.313 e. The summed E-state index contributed by atoms with van der Waals surface area (Å²) in [4.78, 5) is 10.9. The van der Waals surface area contributed by atoms with Gasteiger partial charge < -0.3 is 10.1 Å². The third-order valence-electron chi connectivity index (χ3n) is 2.58. The zero-order valence-corrected chi connectivity index (χ0v) is 9.71. The van der Waals surface area contributed by atoms with Gasteiger partial charge in [-0.2, -0.15) is 0 Å². The standard InChI is InChI=1S/C13H19NO/c1-10-5-4-6-12(9-10)13(14-3)8-7-11(2)15/h4-6,9,13-14H,7-8H2,1-3H3. The third kappa shape index (κ3) is 3.84. The van der Waals surface area contributed by atoms with E-state index in [0.29, 0.717) is 6.42 Å². The van der Waals surface area contributed by atoms with Crippen LogP contribution in [-0.4, -0.2) is 12.8 Å². The van der Waals surface area contributed by atoms with Crippen molar-refractivity contribution in [2.45, 2.75) is 32.7 Å². The highest BCUT2D eigenvalue weighted by atomic mass is 16.1. The van der Waals surface area contributed by atoms with Gasteiger partial charge in [-0.1, -0.05) is 29.8 Å². The lowest BCUT2D eigenvalue weighted by molar-refractivity contribution is -0.117. The molecule has 0 fully saturated rings. The van der Waals surface area contributed by atoms with Crippen molar-refractivity contribution in [2.24, 2.45) is 0 Å². The Hall–Kier alpha value is -1.15. The van der Waals surface area contributed by atoms with Crippen molar-refractivity contribution in [2.75, 3.05) is 7.05 Å². The Labute approximate surface area is 91.7 Å². The summed E-state index contributed by atoms with van der Waals surface area (Å²) in [6.07, 6.45) is 1.51. The number of hydrogen-bond acceptors (Lipinski definition) is 2. The van der Waals surface area contributed by atoms with E-state index < -0.39 is 0 Å². The maximum absolute atomic E-state index is 10.9. The van der Waals surface area contributed by atoms with Crippen LogP contribution in [-0.2, 0) is 4.79 Å². The summed E-state index contributed by atoms with van der Waals surface area (Å²) in [6, 6.07) is 8.70. The van der Waals surface area contributed by atoms with Crippen molar-refractivity contribution in [1.29, 1.82) is 0 Å². The number of carbonyl (C=O) groups excluding carboxylic acids is 1. The number of aryl methyl sites for hydroxylation is 1. The van der Waals surface area contributed by atoms with Gasteiger partial charge in [-0.3, -0.25) is 0 Å². The molecule has 0 saturated carbocycles. The number of rotatable bonds is 5. The van der Waals surface area contributed by atoms with Gasteiger partial charge in [0.15, 0.2) is 0 Å². The van der Waals surface area contributed by atoms with Crippen molar-refractivity contribution < 1.29 is 4.79 Å². The molecule has 0 spiro atoms. The van der Waals surface area contributed by atoms with Gasteiger partial charge in [0.2, 0.25) is 0 Å². The van der Waals surface area contributed by atoms with Crippen LogP contribution in [0.5, 0.6) is 0 Å². The van der Waals surface area contributed by atoms with E-state index in [1.807, 2.05) is 7.05 Å². The van der Waals surface area contributed by atoms with Gasteiger partial charge in [0.1, 0.15) is 5.78 Å². The van der Waals surface area contributed by atoms with Gasteiger partial charge in [-0.25, -0.2) is 0 Å². The molecule has 2 nitrogen and oxygen atoms in total. The maximum atomic E-state index is 10.9. The fourth-order valence-corrected chi connectivity index (χ4v) is 1.71. The molecule has 82 valence electrons. The van der Waals surface area contributed by atoms with Gasteiger partial charge in [0, 0.05) is 12.5 Å². The lowest BCUT2D eigenvalue weighted by Gasteiger charge is -2.16. The highest BCUT2D eigenvalue weighted by Gasteiger charge is 2.09. The zero-order chi connectivity index (χ0) is 11.3. The molecule has 0 amide bonds. The minimum atomic E-state index is 0.253. The van der Waals surface area contributed by atoms with E-state index >= 15 is 0 Å². The van der Waals surface area contributed by atoms with Crippen LogP contribution >= 0.6 is 0 Å². The number of ketones is 1. The van der Waals surface area contributed by atoms with E-state index in [1.165, 1.54) is 11.1 Å². The largest absolute Gasteiger partial charge is 0.313 e. The monoisotopic (exact) mass is 205 g/mol. The molecule has 0 aliphatic carbocycles. The molecule has 1 aromatic carbocycles. The molecule has 1 N–H and O–H groups in total. The quantitative estimate of drug-likeness (QED) is 0.800. The van der Waals surface area contributed by atoms with Crippen LogP contribution in [0.2, 0.25) is 0 Å². The van der Waals surface area contributed by atoms with Gasteiger partial charge >= 0.3 is 0 Å². The average Bonchev–Trinajstić information content (AvgIpc) is 2.18. The summed E-state index contributed by atoms with van der Waals surface area (Å²) >= 11 is 0. The molecule has 0 bridgehead atoms. The molecule has 1 atom stereocenters. The molecule has 0 aromatic heterocycles. The molecule has 15 heavy (non-hydrogen) atoms. The zero-order valence-electron chi connectivity index (χ0n) is 9.71. The minimum absolute atomic E-state index is 0.253. The molecule has 1 rings (SSSR count). The Morgan fingerprint density at radius 1 is 1.47 bits per heavy atom. The highest BCUT2D eigenvalue weighted by Crippen LogP contribution is 2.19. The van der Waals surface area contributed by atoms with Crippen molar-refractivity contribution in [3.05, 3.63) is 35.4 Å². The molecular formula is C13H19NO. The van der Waals surface area contributed by atoms with Crippen molar-refractivity contribution in [3.8, 4) is 0 Å². The van der Waals surface area contributed by atoms with Crippen molar-refractivity contribution >= 4 is 5.78 Å². The first-order chi connectivity index (χ1) is 7.13. The molecule has 2 heteroatoms. The first kappa shape index (κ1) is 11.9. The first-order valence-electron chi connectivity index (χ1n) is 5.36. The summed E-state index contributed by atoms with van der Waals surface area (Å²) < 4.78 is 0. The number of nitrogens with one attached hydrogen (secondary N) is 1. The normalized spacial score (nSPS) is 12.5. The van der Waals surface area contributed by atoms with Crippen LogP contribution in [0.25, 0.3) is 0 Å². The Kier molecular flexibility index (Phi) is 4.50. The van der Waals surface area contributed by atoms with Crippen LogP contribution in [0.3, 0.4) is 0 Å². The van der Waals surface area contributed by atoms with Crippen LogP contribution in [0.1, 0.15) is 36.9 Å². The van der Waals surface area contributed by atoms with E-state index in [2.05, 4.69) is 36.5 Å². The second-order valence-corrected chi connectivity index (χ2v) is 4.00. The number of carbonyl (C=O) groups is 1. The SMILES string of the molecule is CNC(CCC(C)=O)c1cccc(C)c1. The van der Waals surface area contributed by atoms with Crippen LogP contribution in [0, 0.1) is 6.92 Å². The fraction of sp³-hybridized carbons (Fsp3) is 0.462. The lowest BCUT2D eigenvalue weighted by atomic mass is 9.99. The van der Waals surface area contributed by atoms with Gasteiger partial charge in [-0.05, 0) is 32.9 Å². The molecule has 0 radical (unpaired) electrons. The molecule has 0 aliphatic rings. The molecule has 1 unspecified atom stereocenters. The van der Waals surface area contributed by atoms with E-state index in [4.69, 9.17) is 0 Å². The number of Topliss-reactive ketones (excluding diaryl/α,β-unsaturated/α-hetero) is 1. The second kappa shape index (κ2) is 5.66. The fourth-order valence-electron chi connectivity index (χ4n) is 1.71. The number of benzene rings is 1.